The predicted molar refractivity (Wildman–Crippen MR) is 105 cm³/mol. The number of carbonyl (C=O) groups excluding carboxylic acids is 2. The van der Waals surface area contributed by atoms with E-state index in [4.69, 9.17) is 28.9 Å². The summed E-state index contributed by atoms with van der Waals surface area (Å²) < 4.78 is 0. The van der Waals surface area contributed by atoms with Gasteiger partial charge in [0, 0.05) is 28.7 Å². The number of hydrogen-bond donors (Lipinski definition) is 2. The van der Waals surface area contributed by atoms with Crippen LogP contribution in [0.1, 0.15) is 28.8 Å². The lowest BCUT2D eigenvalue weighted by Gasteiger charge is -2.22. The van der Waals surface area contributed by atoms with Gasteiger partial charge in [-0.3, -0.25) is 9.59 Å². The first-order valence-electron chi connectivity index (χ1n) is 8.37. The molecule has 0 aromatic heterocycles. The Kier molecular flexibility index (Phi) is 5.69. The van der Waals surface area contributed by atoms with Crippen LogP contribution in [0.25, 0.3) is 0 Å². The number of halogens is 2. The second kappa shape index (κ2) is 7.98. The number of nitrogens with one attached hydrogen (secondary N) is 1. The maximum Gasteiger partial charge on any atom is 0.248 e. The Labute approximate surface area is 162 Å². The van der Waals surface area contributed by atoms with Gasteiger partial charge in [0.05, 0.1) is 17.8 Å². The molecule has 1 saturated heterocycles. The summed E-state index contributed by atoms with van der Waals surface area (Å²) >= 11 is 12.3. The number of hydrogen-bond acceptors (Lipinski definition) is 3. The van der Waals surface area contributed by atoms with Crippen molar-refractivity contribution in [1.29, 1.82) is 0 Å². The molecule has 1 fully saturated rings. The van der Waals surface area contributed by atoms with E-state index in [1.807, 2.05) is 6.07 Å². The van der Waals surface area contributed by atoms with Crippen molar-refractivity contribution in [2.24, 2.45) is 5.73 Å². The molecule has 0 radical (unpaired) electrons. The maximum atomic E-state index is 12.6. The van der Waals surface area contributed by atoms with Crippen LogP contribution in [0.4, 0.5) is 11.4 Å². The van der Waals surface area contributed by atoms with Crippen molar-refractivity contribution in [3.05, 3.63) is 57.6 Å². The standard InChI is InChI=1S/C19H19Cl2N3O2/c20-14-4-3-5-15(21)13(14)11-18(25)23-16-10-12(19(22)26)6-7-17(16)24-8-1-2-9-24/h3-7,10H,1-2,8-9,11H2,(H2,22,26)(H,23,25). The van der Waals surface area contributed by atoms with E-state index in [0.29, 0.717) is 26.9 Å². The zero-order valence-electron chi connectivity index (χ0n) is 14.1. The Morgan fingerprint density at radius 2 is 1.73 bits per heavy atom. The molecule has 0 spiro atoms. The fourth-order valence-corrected chi connectivity index (χ4v) is 3.61. The smallest absolute Gasteiger partial charge is 0.248 e. The summed E-state index contributed by atoms with van der Waals surface area (Å²) in [5.41, 5.74) is 7.74. The summed E-state index contributed by atoms with van der Waals surface area (Å²) in [6.07, 6.45) is 2.24. The van der Waals surface area contributed by atoms with Gasteiger partial charge in [0.2, 0.25) is 11.8 Å². The summed E-state index contributed by atoms with van der Waals surface area (Å²) in [6, 6.07) is 10.2. The molecule has 5 nitrogen and oxygen atoms in total. The van der Waals surface area contributed by atoms with E-state index >= 15 is 0 Å². The van der Waals surface area contributed by atoms with E-state index in [0.717, 1.165) is 31.6 Å². The Bertz CT molecular complexity index is 828. The third-order valence-electron chi connectivity index (χ3n) is 4.40. The van der Waals surface area contributed by atoms with E-state index in [1.165, 1.54) is 0 Å². The lowest BCUT2D eigenvalue weighted by molar-refractivity contribution is -0.115. The lowest BCUT2D eigenvalue weighted by atomic mass is 10.1. The van der Waals surface area contributed by atoms with Crippen LogP contribution in [0.15, 0.2) is 36.4 Å². The van der Waals surface area contributed by atoms with Gasteiger partial charge >= 0.3 is 0 Å². The highest BCUT2D eigenvalue weighted by Crippen LogP contribution is 2.31. The minimum atomic E-state index is -0.539. The fourth-order valence-electron chi connectivity index (χ4n) is 3.08. The average molecular weight is 392 g/mol. The number of nitrogens with two attached hydrogens (primary N) is 1. The summed E-state index contributed by atoms with van der Waals surface area (Å²) in [4.78, 5) is 26.3. The highest BCUT2D eigenvalue weighted by atomic mass is 35.5. The van der Waals surface area contributed by atoms with Crippen molar-refractivity contribution >= 4 is 46.4 Å². The largest absolute Gasteiger partial charge is 0.370 e. The van der Waals surface area contributed by atoms with Gasteiger partial charge in [-0.15, -0.1) is 0 Å². The molecule has 136 valence electrons. The number of rotatable bonds is 5. The normalized spacial score (nSPS) is 13.7. The van der Waals surface area contributed by atoms with E-state index in [9.17, 15) is 9.59 Å². The first kappa shape index (κ1) is 18.5. The molecule has 0 bridgehead atoms. The maximum absolute atomic E-state index is 12.6. The van der Waals surface area contributed by atoms with Gasteiger partial charge < -0.3 is 16.0 Å². The molecule has 1 aliphatic heterocycles. The van der Waals surface area contributed by atoms with Crippen molar-refractivity contribution < 1.29 is 9.59 Å². The number of nitrogens with zero attached hydrogens (tertiary/aromatic N) is 1. The molecule has 2 aromatic rings. The number of amides is 2. The van der Waals surface area contributed by atoms with Gasteiger partial charge in [-0.1, -0.05) is 29.3 Å². The number of benzene rings is 2. The quantitative estimate of drug-likeness (QED) is 0.811. The van der Waals surface area contributed by atoms with Crippen molar-refractivity contribution in [3.63, 3.8) is 0 Å². The number of primary amides is 1. The lowest BCUT2D eigenvalue weighted by Crippen LogP contribution is -2.23. The van der Waals surface area contributed by atoms with Crippen LogP contribution in [0, 0.1) is 0 Å². The fraction of sp³-hybridized carbons (Fsp3) is 0.263. The van der Waals surface area contributed by atoms with Gasteiger partial charge in [-0.25, -0.2) is 0 Å². The molecule has 3 N–H and O–H groups in total. The monoisotopic (exact) mass is 391 g/mol. The van der Waals surface area contributed by atoms with Crippen LogP contribution >= 0.6 is 23.2 Å². The Balaban J connectivity index is 1.86. The Hall–Kier alpha value is -2.24. The molecule has 1 heterocycles. The van der Waals surface area contributed by atoms with Gasteiger partial charge in [0.15, 0.2) is 0 Å². The molecule has 7 heteroatoms. The summed E-state index contributed by atoms with van der Waals surface area (Å²) in [5, 5.41) is 3.77. The van der Waals surface area contributed by atoms with Crippen LogP contribution in [0.2, 0.25) is 10.0 Å². The molecule has 2 aromatic carbocycles. The molecule has 0 unspecified atom stereocenters. The molecular weight excluding hydrogens is 373 g/mol. The van der Waals surface area contributed by atoms with Crippen molar-refractivity contribution in [3.8, 4) is 0 Å². The second-order valence-electron chi connectivity index (χ2n) is 6.22. The molecule has 2 amide bonds. The van der Waals surface area contributed by atoms with Crippen molar-refractivity contribution in [2.45, 2.75) is 19.3 Å². The van der Waals surface area contributed by atoms with Crippen LogP contribution < -0.4 is 16.0 Å². The zero-order valence-corrected chi connectivity index (χ0v) is 15.6. The van der Waals surface area contributed by atoms with Gasteiger partial charge in [0.1, 0.15) is 0 Å². The van der Waals surface area contributed by atoms with E-state index in [2.05, 4.69) is 10.2 Å². The molecular formula is C19H19Cl2N3O2. The van der Waals surface area contributed by atoms with Gasteiger partial charge in [0.25, 0.3) is 0 Å². The summed E-state index contributed by atoms with van der Waals surface area (Å²) in [6.45, 7) is 1.82. The molecule has 0 saturated carbocycles. The van der Waals surface area contributed by atoms with Crippen LogP contribution in [-0.2, 0) is 11.2 Å². The van der Waals surface area contributed by atoms with Crippen LogP contribution in [0.5, 0.6) is 0 Å². The zero-order chi connectivity index (χ0) is 18.7. The van der Waals surface area contributed by atoms with Crippen LogP contribution in [0.3, 0.4) is 0 Å². The third-order valence-corrected chi connectivity index (χ3v) is 5.11. The topological polar surface area (TPSA) is 75.4 Å². The van der Waals surface area contributed by atoms with Crippen molar-refractivity contribution in [1.82, 2.24) is 0 Å². The Morgan fingerprint density at radius 1 is 1.08 bits per heavy atom. The molecule has 3 rings (SSSR count). The first-order valence-corrected chi connectivity index (χ1v) is 9.13. The number of anilines is 2. The van der Waals surface area contributed by atoms with E-state index in [1.54, 1.807) is 30.3 Å². The minimum absolute atomic E-state index is 0.0404. The predicted octanol–water partition coefficient (Wildman–Crippen LogP) is 3.87. The first-order chi connectivity index (χ1) is 12.5. The second-order valence-corrected chi connectivity index (χ2v) is 7.03. The summed E-state index contributed by atoms with van der Waals surface area (Å²) in [5.74, 6) is -0.801. The van der Waals surface area contributed by atoms with Gasteiger partial charge in [-0.2, -0.15) is 0 Å². The Morgan fingerprint density at radius 3 is 2.35 bits per heavy atom. The molecule has 0 atom stereocenters. The molecule has 0 aliphatic carbocycles. The average Bonchev–Trinajstić information content (AvgIpc) is 3.12. The minimum Gasteiger partial charge on any atom is -0.370 e. The number of carbonyl (C=O) groups is 2. The van der Waals surface area contributed by atoms with Crippen molar-refractivity contribution in [2.75, 3.05) is 23.3 Å². The SMILES string of the molecule is NC(=O)c1ccc(N2CCCC2)c(NC(=O)Cc2c(Cl)cccc2Cl)c1. The van der Waals surface area contributed by atoms with Gasteiger partial charge in [-0.05, 0) is 48.7 Å². The molecule has 1 aliphatic rings. The van der Waals surface area contributed by atoms with Crippen LogP contribution in [-0.4, -0.2) is 24.9 Å². The third kappa shape index (κ3) is 4.11. The van der Waals surface area contributed by atoms with E-state index < -0.39 is 5.91 Å². The highest BCUT2D eigenvalue weighted by molar-refractivity contribution is 6.36. The summed E-state index contributed by atoms with van der Waals surface area (Å²) in [7, 11) is 0. The van der Waals surface area contributed by atoms with E-state index in [-0.39, 0.29) is 12.3 Å². The molecule has 26 heavy (non-hydrogen) atoms. The highest BCUT2D eigenvalue weighted by Gasteiger charge is 2.19.